The summed E-state index contributed by atoms with van der Waals surface area (Å²) < 4.78 is 15.4. The number of benzene rings is 3. The van der Waals surface area contributed by atoms with Gasteiger partial charge in [-0.2, -0.15) is 0 Å². The largest absolute Gasteiger partial charge is 0.338 e. The second-order valence-corrected chi connectivity index (χ2v) is 11.1. The monoisotopic (exact) mass is 538 g/mol. The molecule has 2 fully saturated rings. The number of carbonyl (C=O) groups is 2. The molecule has 6 rings (SSSR count). The topological polar surface area (TPSA) is 58.4 Å². The van der Waals surface area contributed by atoms with Crippen molar-refractivity contribution in [2.75, 3.05) is 6.54 Å². The molecular weight excluding hydrogens is 503 g/mol. The average molecular weight is 539 g/mol. The molecule has 2 amide bonds. The molecule has 40 heavy (non-hydrogen) atoms. The van der Waals surface area contributed by atoms with E-state index in [-0.39, 0.29) is 36.1 Å². The van der Waals surface area contributed by atoms with Crippen LogP contribution < -0.4 is 0 Å². The zero-order valence-electron chi connectivity index (χ0n) is 22.7. The number of likely N-dealkylation sites (tertiary alicyclic amines) is 1. The van der Waals surface area contributed by atoms with Gasteiger partial charge in [-0.25, -0.2) is 9.37 Å². The number of nitrogens with zero attached hydrogens (tertiary/aromatic N) is 4. The molecular formula is C33H35FN4O2. The molecule has 1 aliphatic heterocycles. The fraction of sp³-hybridized carbons (Fsp3) is 0.364. The van der Waals surface area contributed by atoms with E-state index in [1.54, 1.807) is 12.1 Å². The minimum absolute atomic E-state index is 0.0483. The number of fused-ring (bicyclic) bond motifs is 1. The minimum Gasteiger partial charge on any atom is -0.338 e. The first-order valence-electron chi connectivity index (χ1n) is 14.4. The molecule has 2 heterocycles. The van der Waals surface area contributed by atoms with Gasteiger partial charge in [-0.15, -0.1) is 0 Å². The Kier molecular flexibility index (Phi) is 7.62. The van der Waals surface area contributed by atoms with Gasteiger partial charge in [0.25, 0.3) is 0 Å². The van der Waals surface area contributed by atoms with E-state index in [1.165, 1.54) is 18.6 Å². The van der Waals surface area contributed by atoms with Gasteiger partial charge in [0.1, 0.15) is 18.2 Å². The van der Waals surface area contributed by atoms with Gasteiger partial charge in [-0.05, 0) is 48.2 Å². The van der Waals surface area contributed by atoms with E-state index in [4.69, 9.17) is 4.98 Å². The lowest BCUT2D eigenvalue weighted by atomic mass is 9.93. The zero-order chi connectivity index (χ0) is 27.5. The first-order chi connectivity index (χ1) is 19.5. The third-order valence-electron chi connectivity index (χ3n) is 8.38. The van der Waals surface area contributed by atoms with E-state index < -0.39 is 0 Å². The molecule has 0 spiro atoms. The van der Waals surface area contributed by atoms with Crippen LogP contribution in [0.5, 0.6) is 0 Å². The Morgan fingerprint density at radius 3 is 2.40 bits per heavy atom. The summed E-state index contributed by atoms with van der Waals surface area (Å²) in [4.78, 5) is 36.0. The highest BCUT2D eigenvalue weighted by molar-refractivity contribution is 5.83. The van der Waals surface area contributed by atoms with E-state index in [1.807, 2.05) is 51.9 Å². The molecule has 206 valence electrons. The molecule has 7 heteroatoms. The third-order valence-corrected chi connectivity index (χ3v) is 8.38. The van der Waals surface area contributed by atoms with Crippen molar-refractivity contribution in [3.63, 3.8) is 0 Å². The number of carbonyl (C=O) groups excluding carboxylic acids is 2. The number of hydrogen-bond donors (Lipinski definition) is 0. The summed E-state index contributed by atoms with van der Waals surface area (Å²) in [6.45, 7) is 1.74. The Hall–Kier alpha value is -4.00. The molecule has 1 unspecified atom stereocenters. The van der Waals surface area contributed by atoms with Crippen LogP contribution in [0.15, 0.2) is 78.9 Å². The van der Waals surface area contributed by atoms with Crippen LogP contribution in [-0.2, 0) is 29.2 Å². The third kappa shape index (κ3) is 5.64. The highest BCUT2D eigenvalue weighted by Gasteiger charge is 2.35. The molecule has 0 bridgehead atoms. The summed E-state index contributed by atoms with van der Waals surface area (Å²) in [5.74, 6) is 0.514. The molecule has 6 nitrogen and oxygen atoms in total. The maximum atomic E-state index is 14.1. The van der Waals surface area contributed by atoms with Gasteiger partial charge in [-0.3, -0.25) is 9.59 Å². The van der Waals surface area contributed by atoms with Crippen LogP contribution in [0, 0.1) is 5.82 Å². The van der Waals surface area contributed by atoms with Gasteiger partial charge in [0.05, 0.1) is 11.0 Å². The van der Waals surface area contributed by atoms with E-state index >= 15 is 0 Å². The molecule has 0 N–H and O–H groups in total. The highest BCUT2D eigenvalue weighted by atomic mass is 19.1. The van der Waals surface area contributed by atoms with Crippen LogP contribution in [0.4, 0.5) is 4.39 Å². The lowest BCUT2D eigenvalue weighted by molar-refractivity contribution is -0.135. The van der Waals surface area contributed by atoms with Crippen molar-refractivity contribution in [2.45, 2.75) is 70.1 Å². The SMILES string of the molecule is O=C1CC(c2nc3ccccc3n2CC(=O)N(Cc2ccccc2)C2CCCCC2)CN1Cc1ccc(F)cc1. The molecule has 1 aliphatic carbocycles. The average Bonchev–Trinajstić information content (AvgIpc) is 3.53. The van der Waals surface area contributed by atoms with Crippen LogP contribution in [0.2, 0.25) is 0 Å². The number of aromatic nitrogens is 2. The summed E-state index contributed by atoms with van der Waals surface area (Å²) >= 11 is 0. The lowest BCUT2D eigenvalue weighted by Crippen LogP contribution is -2.42. The molecule has 1 aromatic heterocycles. The smallest absolute Gasteiger partial charge is 0.243 e. The van der Waals surface area contributed by atoms with E-state index in [2.05, 4.69) is 17.0 Å². The Morgan fingerprint density at radius 2 is 1.62 bits per heavy atom. The molecule has 1 saturated carbocycles. The number of hydrogen-bond acceptors (Lipinski definition) is 3. The fourth-order valence-electron chi connectivity index (χ4n) is 6.30. The van der Waals surface area contributed by atoms with Crippen molar-refractivity contribution < 1.29 is 14.0 Å². The first-order valence-corrected chi connectivity index (χ1v) is 14.4. The maximum absolute atomic E-state index is 14.1. The predicted molar refractivity (Wildman–Crippen MR) is 153 cm³/mol. The van der Waals surface area contributed by atoms with Gasteiger partial charge in [0.2, 0.25) is 11.8 Å². The van der Waals surface area contributed by atoms with Gasteiger partial charge in [0, 0.05) is 38.0 Å². The Labute approximate surface area is 234 Å². The normalized spacial score (nSPS) is 18.0. The number of amides is 2. The van der Waals surface area contributed by atoms with Gasteiger partial charge < -0.3 is 14.4 Å². The Morgan fingerprint density at radius 1 is 0.900 bits per heavy atom. The van der Waals surface area contributed by atoms with Crippen LogP contribution in [0.25, 0.3) is 11.0 Å². The van der Waals surface area contributed by atoms with Crippen molar-refractivity contribution in [3.05, 3.63) is 102 Å². The van der Waals surface area contributed by atoms with Crippen LogP contribution in [-0.4, -0.2) is 43.8 Å². The summed E-state index contributed by atoms with van der Waals surface area (Å²) in [6.07, 6.45) is 5.93. The van der Waals surface area contributed by atoms with Gasteiger partial charge in [0.15, 0.2) is 0 Å². The quantitative estimate of drug-likeness (QED) is 0.274. The van der Waals surface area contributed by atoms with Gasteiger partial charge in [-0.1, -0.05) is 73.9 Å². The van der Waals surface area contributed by atoms with Gasteiger partial charge >= 0.3 is 0 Å². The number of imidazole rings is 1. The number of halogens is 1. The molecule has 0 radical (unpaired) electrons. The van der Waals surface area contributed by atoms with E-state index in [9.17, 15) is 14.0 Å². The minimum atomic E-state index is -0.290. The number of rotatable bonds is 8. The van der Waals surface area contributed by atoms with E-state index in [0.29, 0.717) is 26.1 Å². The van der Waals surface area contributed by atoms with Crippen LogP contribution >= 0.6 is 0 Å². The molecule has 4 aromatic rings. The van der Waals surface area contributed by atoms with Crippen molar-refractivity contribution in [1.82, 2.24) is 19.4 Å². The van der Waals surface area contributed by atoms with Crippen molar-refractivity contribution in [3.8, 4) is 0 Å². The lowest BCUT2D eigenvalue weighted by Gasteiger charge is -2.35. The predicted octanol–water partition coefficient (Wildman–Crippen LogP) is 6.05. The molecule has 3 aromatic carbocycles. The second-order valence-electron chi connectivity index (χ2n) is 11.1. The maximum Gasteiger partial charge on any atom is 0.243 e. The first kappa shape index (κ1) is 26.2. The Bertz CT molecular complexity index is 1480. The van der Waals surface area contributed by atoms with Crippen molar-refractivity contribution in [1.29, 1.82) is 0 Å². The van der Waals surface area contributed by atoms with Crippen LogP contribution in [0.1, 0.15) is 61.4 Å². The van der Waals surface area contributed by atoms with Crippen molar-refractivity contribution in [2.24, 2.45) is 0 Å². The number of para-hydroxylation sites is 2. The summed E-state index contributed by atoms with van der Waals surface area (Å²) in [5, 5.41) is 0. The summed E-state index contributed by atoms with van der Waals surface area (Å²) in [5.41, 5.74) is 3.78. The second kappa shape index (κ2) is 11.6. The van der Waals surface area contributed by atoms with Crippen LogP contribution in [0.3, 0.4) is 0 Å². The fourth-order valence-corrected chi connectivity index (χ4v) is 6.30. The highest BCUT2D eigenvalue weighted by Crippen LogP contribution is 2.32. The van der Waals surface area contributed by atoms with Crippen molar-refractivity contribution >= 4 is 22.8 Å². The summed E-state index contributed by atoms with van der Waals surface area (Å²) in [7, 11) is 0. The summed E-state index contributed by atoms with van der Waals surface area (Å²) in [6, 6.07) is 24.6. The molecule has 2 aliphatic rings. The van der Waals surface area contributed by atoms with E-state index in [0.717, 1.165) is 53.7 Å². The zero-order valence-corrected chi connectivity index (χ0v) is 22.7. The molecule has 1 saturated heterocycles. The Balaban J connectivity index is 1.27. The molecule has 1 atom stereocenters. The standard InChI is InChI=1S/C33H35FN4O2/c34-27-17-15-25(16-18-27)20-36-22-26(19-31(36)39)33-35-29-13-7-8-14-30(29)38(33)23-32(40)37(28-11-5-2-6-12-28)21-24-9-3-1-4-10-24/h1,3-4,7-10,13-18,26,28H,2,5-6,11-12,19-23H2.